The number of hydrogen-bond acceptors (Lipinski definition) is 3. The molecule has 0 radical (unpaired) electrons. The minimum atomic E-state index is -0.947. The number of carboxylic acid groups (broad SMARTS) is 1. The van der Waals surface area contributed by atoms with Crippen LogP contribution in [0.1, 0.15) is 31.7 Å². The first-order valence-electron chi connectivity index (χ1n) is 6.64. The number of fused-ring (bicyclic) bond motifs is 1. The maximum Gasteiger partial charge on any atom is 0.332 e. The predicted octanol–water partition coefficient (Wildman–Crippen LogP) is 2.50. The van der Waals surface area contributed by atoms with Crippen molar-refractivity contribution in [1.82, 2.24) is 9.55 Å². The highest BCUT2D eigenvalue weighted by molar-refractivity contribution is 5.76. The molecular weight excluding hydrogens is 263 g/mol. The third kappa shape index (κ3) is 2.06. The van der Waals surface area contributed by atoms with Gasteiger partial charge in [0.1, 0.15) is 17.7 Å². The normalized spacial score (nSPS) is 22.5. The van der Waals surface area contributed by atoms with Crippen LogP contribution >= 0.6 is 0 Å². The van der Waals surface area contributed by atoms with Gasteiger partial charge >= 0.3 is 5.97 Å². The van der Waals surface area contributed by atoms with Gasteiger partial charge in [0, 0.05) is 12.6 Å². The van der Waals surface area contributed by atoms with Gasteiger partial charge in [-0.15, -0.1) is 0 Å². The monoisotopic (exact) mass is 278 g/mol. The highest BCUT2D eigenvalue weighted by atomic mass is 19.1. The van der Waals surface area contributed by atoms with Crippen LogP contribution in [0.3, 0.4) is 0 Å². The first-order valence-corrected chi connectivity index (χ1v) is 6.64. The van der Waals surface area contributed by atoms with Crippen LogP contribution in [-0.4, -0.2) is 26.7 Å². The van der Waals surface area contributed by atoms with Crippen LogP contribution in [0.15, 0.2) is 18.2 Å². The van der Waals surface area contributed by atoms with E-state index in [0.717, 1.165) is 5.52 Å². The molecule has 0 amide bonds. The number of aromatic nitrogens is 2. The van der Waals surface area contributed by atoms with E-state index in [1.54, 1.807) is 6.07 Å². The van der Waals surface area contributed by atoms with Crippen LogP contribution < -0.4 is 0 Å². The zero-order chi connectivity index (χ0) is 14.3. The quantitative estimate of drug-likeness (QED) is 0.937. The van der Waals surface area contributed by atoms with Gasteiger partial charge in [-0.05, 0) is 31.9 Å². The molecule has 2 heterocycles. The zero-order valence-corrected chi connectivity index (χ0v) is 11.0. The molecule has 1 N–H and O–H groups in total. The Morgan fingerprint density at radius 1 is 1.55 bits per heavy atom. The topological polar surface area (TPSA) is 64.4 Å². The lowest BCUT2D eigenvalue weighted by atomic mass is 10.2. The van der Waals surface area contributed by atoms with Gasteiger partial charge in [0.15, 0.2) is 6.10 Å². The molecule has 0 bridgehead atoms. The summed E-state index contributed by atoms with van der Waals surface area (Å²) >= 11 is 0. The Labute approximate surface area is 115 Å². The molecule has 2 aromatic rings. The molecule has 1 aromatic carbocycles. The van der Waals surface area contributed by atoms with Crippen molar-refractivity contribution in [2.24, 2.45) is 0 Å². The summed E-state index contributed by atoms with van der Waals surface area (Å²) in [5.41, 5.74) is 1.41. The van der Waals surface area contributed by atoms with E-state index in [0.29, 0.717) is 30.7 Å². The largest absolute Gasteiger partial charge is 0.479 e. The second-order valence-corrected chi connectivity index (χ2v) is 4.88. The fourth-order valence-electron chi connectivity index (χ4n) is 2.71. The van der Waals surface area contributed by atoms with E-state index in [2.05, 4.69) is 4.98 Å². The summed E-state index contributed by atoms with van der Waals surface area (Å²) in [6, 6.07) is 4.47. The number of carbonyl (C=O) groups is 1. The number of aliphatic carboxylic acids is 1. The first-order chi connectivity index (χ1) is 9.60. The summed E-state index contributed by atoms with van der Waals surface area (Å²) in [6.45, 7) is 2.65. The first kappa shape index (κ1) is 13.1. The van der Waals surface area contributed by atoms with Gasteiger partial charge in [0.05, 0.1) is 11.0 Å². The van der Waals surface area contributed by atoms with Crippen LogP contribution in [-0.2, 0) is 16.1 Å². The SMILES string of the molecule is CCn1c(C2CCC(C(=O)O)O2)nc2cc(F)ccc21. The van der Waals surface area contributed by atoms with Crippen LogP contribution in [0, 0.1) is 5.82 Å². The van der Waals surface area contributed by atoms with E-state index >= 15 is 0 Å². The summed E-state index contributed by atoms with van der Waals surface area (Å²) in [4.78, 5) is 15.4. The molecule has 0 saturated carbocycles. The number of aryl methyl sites for hydroxylation is 1. The molecule has 3 rings (SSSR count). The van der Waals surface area contributed by atoms with E-state index in [1.807, 2.05) is 11.5 Å². The van der Waals surface area contributed by atoms with E-state index in [1.165, 1.54) is 12.1 Å². The molecule has 6 heteroatoms. The van der Waals surface area contributed by atoms with Crippen molar-refractivity contribution in [3.05, 3.63) is 29.8 Å². The lowest BCUT2D eigenvalue weighted by Gasteiger charge is -2.12. The Hall–Kier alpha value is -1.95. The fourth-order valence-corrected chi connectivity index (χ4v) is 2.71. The van der Waals surface area contributed by atoms with Gasteiger partial charge in [0.2, 0.25) is 0 Å². The molecule has 1 aliphatic heterocycles. The fraction of sp³-hybridized carbons (Fsp3) is 0.429. The van der Waals surface area contributed by atoms with Crippen molar-refractivity contribution in [3.63, 3.8) is 0 Å². The van der Waals surface area contributed by atoms with Crippen molar-refractivity contribution in [3.8, 4) is 0 Å². The summed E-state index contributed by atoms with van der Waals surface area (Å²) in [5.74, 6) is -0.602. The minimum Gasteiger partial charge on any atom is -0.479 e. The summed E-state index contributed by atoms with van der Waals surface area (Å²) < 4.78 is 20.8. The highest BCUT2D eigenvalue weighted by Gasteiger charge is 2.34. The van der Waals surface area contributed by atoms with Crippen LogP contribution in [0.4, 0.5) is 4.39 Å². The molecule has 0 aliphatic carbocycles. The number of halogens is 1. The van der Waals surface area contributed by atoms with Gasteiger partial charge in [0.25, 0.3) is 0 Å². The van der Waals surface area contributed by atoms with Gasteiger partial charge in [-0.25, -0.2) is 14.2 Å². The van der Waals surface area contributed by atoms with Gasteiger partial charge in [-0.1, -0.05) is 0 Å². The maximum atomic E-state index is 13.3. The Morgan fingerprint density at radius 2 is 2.35 bits per heavy atom. The van der Waals surface area contributed by atoms with Crippen LogP contribution in [0.25, 0.3) is 11.0 Å². The number of nitrogens with zero attached hydrogens (tertiary/aromatic N) is 2. The molecule has 5 nitrogen and oxygen atoms in total. The minimum absolute atomic E-state index is 0.333. The molecule has 20 heavy (non-hydrogen) atoms. The van der Waals surface area contributed by atoms with Crippen LogP contribution in [0.2, 0.25) is 0 Å². The molecule has 1 aromatic heterocycles. The van der Waals surface area contributed by atoms with Crippen molar-refractivity contribution < 1.29 is 19.0 Å². The maximum absolute atomic E-state index is 13.3. The number of hydrogen-bond donors (Lipinski definition) is 1. The molecule has 0 spiro atoms. The van der Waals surface area contributed by atoms with E-state index < -0.39 is 12.1 Å². The van der Waals surface area contributed by atoms with Crippen molar-refractivity contribution in [1.29, 1.82) is 0 Å². The van der Waals surface area contributed by atoms with E-state index in [-0.39, 0.29) is 11.9 Å². The number of benzene rings is 1. The Balaban J connectivity index is 2.01. The third-order valence-electron chi connectivity index (χ3n) is 3.64. The average Bonchev–Trinajstić information content (AvgIpc) is 3.01. The van der Waals surface area contributed by atoms with Gasteiger partial charge in [-0.2, -0.15) is 0 Å². The molecule has 1 aliphatic rings. The van der Waals surface area contributed by atoms with Gasteiger partial charge < -0.3 is 14.4 Å². The van der Waals surface area contributed by atoms with Gasteiger partial charge in [-0.3, -0.25) is 0 Å². The standard InChI is InChI=1S/C14H15FN2O3/c1-2-17-10-4-3-8(15)7-9(10)16-13(17)11-5-6-12(20-11)14(18)19/h3-4,7,11-12H,2,5-6H2,1H3,(H,18,19). The third-order valence-corrected chi connectivity index (χ3v) is 3.64. The lowest BCUT2D eigenvalue weighted by molar-refractivity contribution is -0.149. The predicted molar refractivity (Wildman–Crippen MR) is 69.8 cm³/mol. The molecule has 106 valence electrons. The Bertz CT molecular complexity index is 668. The Morgan fingerprint density at radius 3 is 3.00 bits per heavy atom. The second kappa shape index (κ2) is 4.86. The van der Waals surface area contributed by atoms with E-state index in [9.17, 15) is 9.18 Å². The molecule has 2 unspecified atom stereocenters. The zero-order valence-electron chi connectivity index (χ0n) is 11.0. The number of imidazole rings is 1. The smallest absolute Gasteiger partial charge is 0.332 e. The second-order valence-electron chi connectivity index (χ2n) is 4.88. The lowest BCUT2D eigenvalue weighted by Crippen LogP contribution is -2.19. The average molecular weight is 278 g/mol. The number of rotatable bonds is 3. The number of ether oxygens (including phenoxy) is 1. The number of carboxylic acids is 1. The molecule has 2 atom stereocenters. The van der Waals surface area contributed by atoms with Crippen molar-refractivity contribution >= 4 is 17.0 Å². The van der Waals surface area contributed by atoms with E-state index in [4.69, 9.17) is 9.84 Å². The summed E-state index contributed by atoms with van der Waals surface area (Å²) in [5, 5.41) is 8.98. The summed E-state index contributed by atoms with van der Waals surface area (Å²) in [7, 11) is 0. The molecule has 1 saturated heterocycles. The summed E-state index contributed by atoms with van der Waals surface area (Å²) in [6.07, 6.45) is -0.0299. The Kier molecular flexibility index (Phi) is 3.17. The molecular formula is C14H15FN2O3. The van der Waals surface area contributed by atoms with Crippen molar-refractivity contribution in [2.75, 3.05) is 0 Å². The van der Waals surface area contributed by atoms with Crippen LogP contribution in [0.5, 0.6) is 0 Å². The highest BCUT2D eigenvalue weighted by Crippen LogP contribution is 2.34. The van der Waals surface area contributed by atoms with Crippen molar-refractivity contribution in [2.45, 2.75) is 38.5 Å². The molecule has 1 fully saturated rings.